The number of amides is 2. The van der Waals surface area contributed by atoms with Crippen LogP contribution in [0.4, 0.5) is 5.13 Å². The minimum atomic E-state index is -1.48. The Balaban J connectivity index is 1.10. The molecule has 0 spiro atoms. The van der Waals surface area contributed by atoms with Gasteiger partial charge >= 0.3 is 5.97 Å². The van der Waals surface area contributed by atoms with Gasteiger partial charge in [-0.15, -0.1) is 34.7 Å². The van der Waals surface area contributed by atoms with Gasteiger partial charge in [-0.3, -0.25) is 14.4 Å². The van der Waals surface area contributed by atoms with Crippen molar-refractivity contribution in [3.63, 3.8) is 0 Å². The number of anilines is 1. The summed E-state index contributed by atoms with van der Waals surface area (Å²) in [6, 6.07) is 48.8. The van der Waals surface area contributed by atoms with E-state index in [0.29, 0.717) is 5.13 Å². The molecular formula is C47H42ClN5O5S2. The van der Waals surface area contributed by atoms with Crippen molar-refractivity contribution in [1.82, 2.24) is 15.2 Å². The van der Waals surface area contributed by atoms with Crippen molar-refractivity contribution < 1.29 is 24.3 Å². The van der Waals surface area contributed by atoms with Crippen LogP contribution < -0.4 is 10.6 Å². The second kappa shape index (κ2) is 17.7. The molecule has 8 rings (SSSR count). The van der Waals surface area contributed by atoms with Crippen LogP contribution >= 0.6 is 34.7 Å². The maximum Gasteiger partial charge on any atom is 0.313 e. The molecule has 2 amide bonds. The molecule has 304 valence electrons. The van der Waals surface area contributed by atoms with Gasteiger partial charge in [-0.1, -0.05) is 157 Å². The zero-order chi connectivity index (χ0) is 41.7. The number of carbonyl (C=O) groups excluding carboxylic acids is 2. The number of aromatic nitrogens is 1. The molecule has 3 heterocycles. The van der Waals surface area contributed by atoms with Crippen molar-refractivity contribution in [2.24, 2.45) is 10.6 Å². The number of thiazole rings is 1. The summed E-state index contributed by atoms with van der Waals surface area (Å²) < 4.78 is 0. The Morgan fingerprint density at radius 3 is 1.83 bits per heavy atom. The smallest absolute Gasteiger partial charge is 0.313 e. The first-order chi connectivity index (χ1) is 29.3. The van der Waals surface area contributed by atoms with Crippen LogP contribution in [-0.2, 0) is 24.8 Å². The van der Waals surface area contributed by atoms with E-state index in [2.05, 4.69) is 52.2 Å². The molecule has 0 aliphatic carbocycles. The molecule has 3 unspecified atom stereocenters. The zero-order valence-corrected chi connectivity index (χ0v) is 34.9. The monoisotopic (exact) mass is 855 g/mol. The van der Waals surface area contributed by atoms with Crippen LogP contribution in [0, 0.1) is 5.41 Å². The number of alkyl halides is 1. The van der Waals surface area contributed by atoms with Crippen LogP contribution in [0.3, 0.4) is 0 Å². The number of nitrogens with zero attached hydrogens (tertiary/aromatic N) is 3. The number of benzene rings is 5. The van der Waals surface area contributed by atoms with E-state index in [9.17, 15) is 19.5 Å². The fourth-order valence-corrected chi connectivity index (χ4v) is 11.4. The van der Waals surface area contributed by atoms with Crippen LogP contribution in [0.15, 0.2) is 162 Å². The Hall–Kier alpha value is -5.95. The summed E-state index contributed by atoms with van der Waals surface area (Å²) in [7, 11) is 0. The predicted molar refractivity (Wildman–Crippen MR) is 237 cm³/mol. The molecule has 2 aliphatic heterocycles. The number of fused-ring (bicyclic) bond motifs is 1. The van der Waals surface area contributed by atoms with Gasteiger partial charge < -0.3 is 25.5 Å². The SMILES string of the molecule is CCON=C(C(=O)NC1C(=O)N2CC(CCl)(C(=O)O)C(C(c3ccccc3)c3ccccc3)S[C@H]12)c1csc(NC(c2ccccc2)(c2ccccc2)c2ccccc2)n1. The molecule has 2 fully saturated rings. The number of carbonyl (C=O) groups is 3. The van der Waals surface area contributed by atoms with E-state index in [-0.39, 0.29) is 36.4 Å². The highest BCUT2D eigenvalue weighted by Crippen LogP contribution is 2.54. The van der Waals surface area contributed by atoms with Crippen molar-refractivity contribution in [2.75, 3.05) is 24.3 Å². The highest BCUT2D eigenvalue weighted by Gasteiger charge is 2.63. The average molecular weight is 856 g/mol. The highest BCUT2D eigenvalue weighted by atomic mass is 35.5. The van der Waals surface area contributed by atoms with E-state index in [1.165, 1.54) is 28.0 Å². The average Bonchev–Trinajstić information content (AvgIpc) is 3.76. The lowest BCUT2D eigenvalue weighted by molar-refractivity contribution is -0.159. The first-order valence-corrected chi connectivity index (χ1v) is 21.9. The second-order valence-electron chi connectivity index (χ2n) is 14.6. The van der Waals surface area contributed by atoms with Crippen LogP contribution in [-0.4, -0.2) is 74.2 Å². The quantitative estimate of drug-likeness (QED) is 0.0310. The van der Waals surface area contributed by atoms with Crippen molar-refractivity contribution in [2.45, 2.75) is 35.0 Å². The first kappa shape index (κ1) is 40.8. The molecule has 13 heteroatoms. The summed E-state index contributed by atoms with van der Waals surface area (Å²) in [5, 5.41) is 22.8. The number of thioether (sulfide) groups is 1. The minimum absolute atomic E-state index is 0.0958. The van der Waals surface area contributed by atoms with Crippen molar-refractivity contribution in [3.8, 4) is 0 Å². The summed E-state index contributed by atoms with van der Waals surface area (Å²) in [6.07, 6.45) is 0. The van der Waals surface area contributed by atoms with Crippen molar-refractivity contribution in [1.29, 1.82) is 0 Å². The third-order valence-electron chi connectivity index (χ3n) is 11.2. The largest absolute Gasteiger partial charge is 0.481 e. The topological polar surface area (TPSA) is 133 Å². The number of hydrogen-bond acceptors (Lipinski definition) is 9. The summed E-state index contributed by atoms with van der Waals surface area (Å²) >= 11 is 9.28. The first-order valence-electron chi connectivity index (χ1n) is 19.6. The number of rotatable bonds is 15. The number of nitrogens with one attached hydrogen (secondary N) is 2. The van der Waals surface area contributed by atoms with Gasteiger partial charge in [0.05, 0.1) is 0 Å². The normalized spacial score (nSPS) is 20.2. The van der Waals surface area contributed by atoms with Crippen molar-refractivity contribution in [3.05, 3.63) is 191 Å². The molecule has 5 aromatic carbocycles. The van der Waals surface area contributed by atoms with Gasteiger partial charge in [0.25, 0.3) is 5.91 Å². The number of halogens is 1. The fourth-order valence-electron chi connectivity index (χ4n) is 8.20. The molecule has 4 atom stereocenters. The minimum Gasteiger partial charge on any atom is -0.481 e. The number of oxime groups is 1. The van der Waals surface area contributed by atoms with Gasteiger partial charge in [0.2, 0.25) is 5.91 Å². The van der Waals surface area contributed by atoms with E-state index in [1.54, 1.807) is 12.3 Å². The van der Waals surface area contributed by atoms with Gasteiger partial charge in [0.15, 0.2) is 10.8 Å². The molecule has 3 N–H and O–H groups in total. The van der Waals surface area contributed by atoms with Crippen molar-refractivity contribution >= 4 is 63.3 Å². The highest BCUT2D eigenvalue weighted by molar-refractivity contribution is 8.00. The Kier molecular flexibility index (Phi) is 12.1. The number of aliphatic carboxylic acids is 1. The summed E-state index contributed by atoms with van der Waals surface area (Å²) in [6.45, 7) is 1.84. The predicted octanol–water partition coefficient (Wildman–Crippen LogP) is 8.20. The van der Waals surface area contributed by atoms with Gasteiger partial charge in [0, 0.05) is 29.0 Å². The number of carboxylic acids is 1. The molecule has 0 radical (unpaired) electrons. The zero-order valence-electron chi connectivity index (χ0n) is 32.6. The standard InChI is InChI=1S/C47H42ClN5O5S2/c1-2-58-52-38(36-28-59-45(49-36)51-47(33-22-12-5-13-23-33,34-24-14-6-15-25-34)35-26-16-7-17-27-35)41(54)50-39-42(55)53-30-46(29-48,44(56)57)40(60-43(39)53)37(31-18-8-3-9-19-31)32-20-10-4-11-21-32/h3-28,37,39-40,43H,2,29-30H2,1H3,(H,49,51)(H,50,54)(H,56,57)/t39?,40?,43-,46?/m1/s1. The molecule has 1 aromatic heterocycles. The van der Waals surface area contributed by atoms with E-state index < -0.39 is 45.4 Å². The van der Waals surface area contributed by atoms with Crippen LogP contribution in [0.5, 0.6) is 0 Å². The Labute approximate surface area is 361 Å². The summed E-state index contributed by atoms with van der Waals surface area (Å²) in [5.74, 6) is -2.73. The molecule has 2 aliphatic rings. The van der Waals surface area contributed by atoms with E-state index in [1.807, 2.05) is 115 Å². The van der Waals surface area contributed by atoms with E-state index >= 15 is 0 Å². The van der Waals surface area contributed by atoms with Crippen LogP contribution in [0.2, 0.25) is 0 Å². The molecule has 0 bridgehead atoms. The molecule has 10 nitrogen and oxygen atoms in total. The fraction of sp³-hybridized carbons (Fsp3) is 0.213. The Bertz CT molecular complexity index is 2330. The van der Waals surface area contributed by atoms with E-state index in [4.69, 9.17) is 21.4 Å². The molecule has 0 saturated carbocycles. The third-order valence-corrected chi connectivity index (χ3v) is 14.2. The molecule has 6 aromatic rings. The van der Waals surface area contributed by atoms with Crippen LogP contribution in [0.25, 0.3) is 0 Å². The Morgan fingerprint density at radius 2 is 1.37 bits per heavy atom. The lowest BCUT2D eigenvalue weighted by Gasteiger charge is -2.57. The maximum absolute atomic E-state index is 14.3. The lowest BCUT2D eigenvalue weighted by Crippen LogP contribution is -2.76. The Morgan fingerprint density at radius 1 is 0.867 bits per heavy atom. The lowest BCUT2D eigenvalue weighted by atomic mass is 9.73. The molecule has 60 heavy (non-hydrogen) atoms. The molecule has 2 saturated heterocycles. The van der Waals surface area contributed by atoms with Gasteiger partial charge in [0.1, 0.15) is 34.7 Å². The van der Waals surface area contributed by atoms with E-state index in [0.717, 1.165) is 27.8 Å². The van der Waals surface area contributed by atoms with Gasteiger partial charge in [-0.25, -0.2) is 4.98 Å². The molecular weight excluding hydrogens is 814 g/mol. The number of β-lactam (4-membered cyclic amide) rings is 1. The number of hydrogen-bond donors (Lipinski definition) is 3. The summed E-state index contributed by atoms with van der Waals surface area (Å²) in [5.41, 5.74) is 2.62. The second-order valence-corrected chi connectivity index (χ2v) is 17.0. The third kappa shape index (κ3) is 7.55. The maximum atomic E-state index is 14.3. The van der Waals surface area contributed by atoms with Crippen LogP contribution in [0.1, 0.15) is 46.4 Å². The van der Waals surface area contributed by atoms with Gasteiger partial charge in [-0.2, -0.15) is 0 Å². The van der Waals surface area contributed by atoms with Gasteiger partial charge in [-0.05, 0) is 34.7 Å². The summed E-state index contributed by atoms with van der Waals surface area (Å²) in [4.78, 5) is 53.3. The number of carboxylic acid groups (broad SMARTS) is 1.